The van der Waals surface area contributed by atoms with Crippen molar-refractivity contribution in [1.29, 1.82) is 0 Å². The third kappa shape index (κ3) is 5.33. The summed E-state index contributed by atoms with van der Waals surface area (Å²) in [4.78, 5) is 21.4. The lowest BCUT2D eigenvalue weighted by atomic mass is 10.1. The number of hydroxylamine groups is 1. The van der Waals surface area contributed by atoms with E-state index in [0.29, 0.717) is 3.57 Å². The highest BCUT2D eigenvalue weighted by atomic mass is 127. The van der Waals surface area contributed by atoms with E-state index in [2.05, 4.69) is 20.1 Å². The van der Waals surface area contributed by atoms with Gasteiger partial charge in [-0.3, -0.25) is 9.63 Å². The minimum atomic E-state index is -1.43. The Balaban J connectivity index is 2.51. The van der Waals surface area contributed by atoms with E-state index in [4.69, 9.17) is 5.11 Å². The normalized spacial score (nSPS) is 10.9. The number of amides is 1. The number of carbonyl (C=O) groups is 1. The number of hydrogen-bond donors (Lipinski definition) is 3. The van der Waals surface area contributed by atoms with Crippen molar-refractivity contribution in [1.82, 2.24) is 5.48 Å². The fraction of sp³-hybridized carbons (Fsp3) is 0.176. The molecule has 11 heteroatoms. The Morgan fingerprint density at radius 1 is 1.29 bits per heavy atom. The van der Waals surface area contributed by atoms with E-state index in [1.807, 2.05) is 28.1 Å². The first-order valence-corrected chi connectivity index (χ1v) is 8.80. The fourth-order valence-electron chi connectivity index (χ4n) is 2.10. The second kappa shape index (κ2) is 10.2. The fourth-order valence-corrected chi connectivity index (χ4v) is 2.55. The van der Waals surface area contributed by atoms with Gasteiger partial charge in [0.2, 0.25) is 0 Å². The number of nitrogens with one attached hydrogen (secondary N) is 2. The van der Waals surface area contributed by atoms with Crippen LogP contribution < -0.4 is 10.8 Å². The molecule has 2 aromatic carbocycles. The first kappa shape index (κ1) is 21.9. The molecule has 7 nitrogen and oxygen atoms in total. The van der Waals surface area contributed by atoms with E-state index < -0.39 is 34.6 Å². The van der Waals surface area contributed by atoms with Crippen LogP contribution in [-0.2, 0) is 9.68 Å². The van der Waals surface area contributed by atoms with Gasteiger partial charge in [-0.1, -0.05) is 5.16 Å². The monoisotopic (exact) mass is 509 g/mol. The van der Waals surface area contributed by atoms with Crippen molar-refractivity contribution < 1.29 is 32.7 Å². The van der Waals surface area contributed by atoms with Gasteiger partial charge >= 0.3 is 0 Å². The summed E-state index contributed by atoms with van der Waals surface area (Å²) in [5.74, 6) is -4.38. The van der Waals surface area contributed by atoms with E-state index in [1.54, 1.807) is 6.07 Å². The molecule has 0 fully saturated rings. The summed E-state index contributed by atoms with van der Waals surface area (Å²) in [6.07, 6.45) is 0.840. The molecule has 0 aromatic heterocycles. The molecule has 0 saturated heterocycles. The van der Waals surface area contributed by atoms with Gasteiger partial charge in [-0.2, -0.15) is 0 Å². The quantitative estimate of drug-likeness (QED) is 0.220. The first-order chi connectivity index (χ1) is 13.4. The Bertz CT molecular complexity index is 896. The molecule has 28 heavy (non-hydrogen) atoms. The van der Waals surface area contributed by atoms with Gasteiger partial charge in [-0.25, -0.2) is 18.7 Å². The number of halogens is 4. The van der Waals surface area contributed by atoms with Crippen molar-refractivity contribution in [3.63, 3.8) is 0 Å². The van der Waals surface area contributed by atoms with Gasteiger partial charge < -0.3 is 15.3 Å². The van der Waals surface area contributed by atoms with E-state index in [9.17, 15) is 18.0 Å². The number of oxime groups is 1. The number of carbonyl (C=O) groups excluding carboxylic acids is 1. The van der Waals surface area contributed by atoms with Crippen molar-refractivity contribution >= 4 is 46.1 Å². The van der Waals surface area contributed by atoms with Gasteiger partial charge in [0.15, 0.2) is 11.6 Å². The maximum atomic E-state index is 14.7. The van der Waals surface area contributed by atoms with Crippen LogP contribution in [0.25, 0.3) is 0 Å². The van der Waals surface area contributed by atoms with Gasteiger partial charge in [0, 0.05) is 9.13 Å². The van der Waals surface area contributed by atoms with Crippen molar-refractivity contribution in [2.75, 3.05) is 25.6 Å². The molecule has 0 bridgehead atoms. The lowest BCUT2D eigenvalue weighted by Crippen LogP contribution is -2.24. The molecule has 0 saturated carbocycles. The molecule has 0 aliphatic rings. The third-order valence-corrected chi connectivity index (χ3v) is 3.98. The standard InChI is InChI=1S/C17H15F3IN3O4/c1-27-24-17(26)11-6-9(8-22-28-5-4-25)14(19)15(20)16(11)23-13-3-2-10(21)7-12(13)18/h2-3,6-8,23,25H,4-5H2,1H3,(H,24,26). The molecular weight excluding hydrogens is 494 g/mol. The lowest BCUT2D eigenvalue weighted by Gasteiger charge is -2.15. The molecule has 0 spiro atoms. The minimum absolute atomic E-state index is 0.149. The van der Waals surface area contributed by atoms with Crippen molar-refractivity contribution in [3.8, 4) is 0 Å². The van der Waals surface area contributed by atoms with Crippen LogP contribution >= 0.6 is 22.6 Å². The summed E-state index contributed by atoms with van der Waals surface area (Å²) in [5.41, 5.74) is 0.496. The van der Waals surface area contributed by atoms with Crippen molar-refractivity contribution in [3.05, 3.63) is 56.4 Å². The number of rotatable bonds is 8. The number of anilines is 2. The summed E-state index contributed by atoms with van der Waals surface area (Å²) >= 11 is 1.89. The van der Waals surface area contributed by atoms with Gasteiger partial charge in [-0.15, -0.1) is 0 Å². The molecule has 0 unspecified atom stereocenters. The highest BCUT2D eigenvalue weighted by molar-refractivity contribution is 14.1. The number of aliphatic hydroxyl groups is 1. The first-order valence-electron chi connectivity index (χ1n) is 7.72. The Morgan fingerprint density at radius 2 is 2.04 bits per heavy atom. The number of hydrogen-bond acceptors (Lipinski definition) is 6. The molecule has 0 atom stereocenters. The zero-order chi connectivity index (χ0) is 20.7. The number of aliphatic hydroxyl groups excluding tert-OH is 1. The second-order valence-corrected chi connectivity index (χ2v) is 6.44. The number of benzene rings is 2. The largest absolute Gasteiger partial charge is 0.393 e. The highest BCUT2D eigenvalue weighted by Gasteiger charge is 2.23. The van der Waals surface area contributed by atoms with Crippen LogP contribution in [0.1, 0.15) is 15.9 Å². The van der Waals surface area contributed by atoms with Crippen LogP contribution in [0.5, 0.6) is 0 Å². The summed E-state index contributed by atoms with van der Waals surface area (Å²) in [5, 5.41) is 14.4. The maximum Gasteiger partial charge on any atom is 0.277 e. The average molecular weight is 509 g/mol. The second-order valence-electron chi connectivity index (χ2n) is 5.19. The summed E-state index contributed by atoms with van der Waals surface area (Å²) in [6.45, 7) is -0.469. The SMILES string of the molecule is CONC(=O)c1cc(C=NOCCO)c(F)c(F)c1Nc1ccc(I)cc1F. The van der Waals surface area contributed by atoms with E-state index in [0.717, 1.165) is 19.4 Å². The van der Waals surface area contributed by atoms with Gasteiger partial charge in [-0.05, 0) is 46.9 Å². The molecule has 3 N–H and O–H groups in total. The van der Waals surface area contributed by atoms with Crippen LogP contribution in [0.4, 0.5) is 24.5 Å². The number of nitrogens with zero attached hydrogens (tertiary/aromatic N) is 1. The summed E-state index contributed by atoms with van der Waals surface area (Å²) in [7, 11) is 1.16. The minimum Gasteiger partial charge on any atom is -0.393 e. The molecule has 0 heterocycles. The van der Waals surface area contributed by atoms with Crippen LogP contribution in [0, 0.1) is 21.0 Å². The molecule has 1 amide bonds. The predicted molar refractivity (Wildman–Crippen MR) is 104 cm³/mol. The van der Waals surface area contributed by atoms with Crippen LogP contribution in [-0.4, -0.2) is 37.6 Å². The Kier molecular flexibility index (Phi) is 8.02. The van der Waals surface area contributed by atoms with Crippen molar-refractivity contribution in [2.45, 2.75) is 0 Å². The maximum absolute atomic E-state index is 14.7. The predicted octanol–water partition coefficient (Wildman–Crippen LogP) is 3.09. The Hall–Kier alpha value is -2.38. The van der Waals surface area contributed by atoms with Gasteiger partial charge in [0.25, 0.3) is 5.91 Å². The van der Waals surface area contributed by atoms with Gasteiger partial charge in [0.05, 0.1) is 36.9 Å². The van der Waals surface area contributed by atoms with E-state index in [1.165, 1.54) is 12.1 Å². The van der Waals surface area contributed by atoms with Crippen LogP contribution in [0.2, 0.25) is 0 Å². The zero-order valence-corrected chi connectivity index (χ0v) is 16.6. The van der Waals surface area contributed by atoms with Gasteiger partial charge in [0.1, 0.15) is 12.4 Å². The Morgan fingerprint density at radius 3 is 2.68 bits per heavy atom. The highest BCUT2D eigenvalue weighted by Crippen LogP contribution is 2.30. The Labute approximate surface area is 171 Å². The topological polar surface area (TPSA) is 92.2 Å². The van der Waals surface area contributed by atoms with E-state index >= 15 is 0 Å². The zero-order valence-electron chi connectivity index (χ0n) is 14.4. The smallest absolute Gasteiger partial charge is 0.277 e. The average Bonchev–Trinajstić information content (AvgIpc) is 2.66. The van der Waals surface area contributed by atoms with Crippen LogP contribution in [0.3, 0.4) is 0 Å². The lowest BCUT2D eigenvalue weighted by molar-refractivity contribution is 0.0538. The molecule has 0 aliphatic carbocycles. The molecule has 0 radical (unpaired) electrons. The molecule has 0 aliphatic heterocycles. The third-order valence-electron chi connectivity index (χ3n) is 3.31. The molecule has 2 aromatic rings. The summed E-state index contributed by atoms with van der Waals surface area (Å²) in [6, 6.07) is 5.05. The molecule has 150 valence electrons. The molecular formula is C17H15F3IN3O4. The molecule has 2 rings (SSSR count). The van der Waals surface area contributed by atoms with Crippen molar-refractivity contribution in [2.24, 2.45) is 5.16 Å². The summed E-state index contributed by atoms with van der Waals surface area (Å²) < 4.78 is 43.8. The van der Waals surface area contributed by atoms with E-state index in [-0.39, 0.29) is 24.5 Å². The van der Waals surface area contributed by atoms with Crippen LogP contribution in [0.15, 0.2) is 29.4 Å².